The Labute approximate surface area is 129 Å². The Morgan fingerprint density at radius 3 is 2.30 bits per heavy atom. The molecule has 0 aromatic heterocycles. The Morgan fingerprint density at radius 1 is 1.17 bits per heavy atom. The van der Waals surface area contributed by atoms with Crippen LogP contribution in [0, 0.1) is 0 Å². The fraction of sp³-hybridized carbons (Fsp3) is 0.357. The quantitative estimate of drug-likeness (QED) is 0.493. The predicted molar refractivity (Wildman–Crippen MR) is 78.0 cm³/mol. The minimum atomic E-state index is -4.92. The number of guanidine groups is 1. The Bertz CT molecular complexity index is 636. The lowest BCUT2D eigenvalue weighted by molar-refractivity contribution is -0.118. The summed E-state index contributed by atoms with van der Waals surface area (Å²) < 4.78 is 37.1. The van der Waals surface area contributed by atoms with Crippen LogP contribution in [-0.4, -0.2) is 36.4 Å². The number of hydrogen-bond acceptors (Lipinski definition) is 3. The number of ketones is 1. The van der Waals surface area contributed by atoms with E-state index in [2.05, 4.69) is 4.99 Å². The van der Waals surface area contributed by atoms with Crippen molar-refractivity contribution in [3.8, 4) is 0 Å². The molecule has 2 rings (SSSR count). The summed E-state index contributed by atoms with van der Waals surface area (Å²) in [6.07, 6.45) is -3.65. The second-order valence-corrected chi connectivity index (χ2v) is 5.10. The van der Waals surface area contributed by atoms with Crippen LogP contribution in [0.25, 0.3) is 0 Å². The van der Waals surface area contributed by atoms with Gasteiger partial charge in [-0.3, -0.25) is 9.59 Å². The van der Waals surface area contributed by atoms with Crippen LogP contribution < -0.4 is 16.4 Å². The smallest absolute Gasteiger partial charge is 0.370 e. The number of anilines is 1. The van der Waals surface area contributed by atoms with E-state index in [1.807, 2.05) is 0 Å². The second kappa shape index (κ2) is 6.27. The molecule has 1 aliphatic heterocycles. The molecule has 1 aromatic rings. The Kier molecular flexibility index (Phi) is 4.57. The van der Waals surface area contributed by atoms with E-state index in [-0.39, 0.29) is 5.96 Å². The molecule has 0 radical (unpaired) electrons. The highest BCUT2D eigenvalue weighted by molar-refractivity contribution is 6.00. The number of benzene rings is 1. The van der Waals surface area contributed by atoms with Gasteiger partial charge in [-0.25, -0.2) is 0 Å². The first-order chi connectivity index (χ1) is 10.7. The second-order valence-electron chi connectivity index (χ2n) is 5.10. The lowest BCUT2D eigenvalue weighted by Crippen LogP contribution is -2.37. The third kappa shape index (κ3) is 3.79. The van der Waals surface area contributed by atoms with Crippen molar-refractivity contribution in [2.45, 2.75) is 25.1 Å². The summed E-state index contributed by atoms with van der Waals surface area (Å²) in [6.45, 7) is 0.545. The summed E-state index contributed by atoms with van der Waals surface area (Å²) in [6, 6.07) is 4.36. The Hall–Kier alpha value is -2.58. The Balaban J connectivity index is 2.20. The first-order valence-electron chi connectivity index (χ1n) is 6.82. The largest absolute Gasteiger partial charge is 0.454 e. The monoisotopic (exact) mass is 328 g/mol. The first kappa shape index (κ1) is 16.8. The molecule has 1 atom stereocenters. The van der Waals surface area contributed by atoms with Gasteiger partial charge in [0.05, 0.1) is 0 Å². The molecule has 0 aliphatic carbocycles. The summed E-state index contributed by atoms with van der Waals surface area (Å²) in [7, 11) is 0. The van der Waals surface area contributed by atoms with Crippen molar-refractivity contribution < 1.29 is 22.8 Å². The summed E-state index contributed by atoms with van der Waals surface area (Å²) in [5.74, 6) is -2.75. The van der Waals surface area contributed by atoms with E-state index in [4.69, 9.17) is 11.5 Å². The number of halogens is 3. The van der Waals surface area contributed by atoms with Crippen LogP contribution in [-0.2, 0) is 4.79 Å². The molecule has 6 nitrogen and oxygen atoms in total. The number of hydrogen-bond donors (Lipinski definition) is 2. The van der Waals surface area contributed by atoms with E-state index < -0.39 is 29.5 Å². The highest BCUT2D eigenvalue weighted by Crippen LogP contribution is 2.28. The van der Waals surface area contributed by atoms with E-state index in [1.165, 1.54) is 12.1 Å². The van der Waals surface area contributed by atoms with Gasteiger partial charge in [-0.1, -0.05) is 0 Å². The minimum Gasteiger partial charge on any atom is -0.370 e. The molecule has 23 heavy (non-hydrogen) atoms. The van der Waals surface area contributed by atoms with Crippen LogP contribution in [0.3, 0.4) is 0 Å². The topological polar surface area (TPSA) is 102 Å². The maximum Gasteiger partial charge on any atom is 0.454 e. The summed E-state index contributed by atoms with van der Waals surface area (Å²) in [5, 5.41) is 0. The van der Waals surface area contributed by atoms with Gasteiger partial charge in [0.15, 0.2) is 5.96 Å². The minimum absolute atomic E-state index is 0.340. The molecule has 0 spiro atoms. The van der Waals surface area contributed by atoms with E-state index in [1.54, 1.807) is 4.90 Å². The Morgan fingerprint density at radius 2 is 1.78 bits per heavy atom. The van der Waals surface area contributed by atoms with Crippen molar-refractivity contribution in [3.63, 3.8) is 0 Å². The number of amides is 1. The zero-order valence-corrected chi connectivity index (χ0v) is 12.0. The lowest BCUT2D eigenvalue weighted by atomic mass is 10.1. The van der Waals surface area contributed by atoms with E-state index in [9.17, 15) is 22.8 Å². The summed E-state index contributed by atoms with van der Waals surface area (Å²) >= 11 is 0. The van der Waals surface area contributed by atoms with Gasteiger partial charge in [0.1, 0.15) is 6.04 Å². The third-order valence-corrected chi connectivity index (χ3v) is 3.50. The summed E-state index contributed by atoms with van der Waals surface area (Å²) in [4.78, 5) is 28.3. The number of carbonyl (C=O) groups excluding carboxylic acids is 2. The van der Waals surface area contributed by atoms with Gasteiger partial charge < -0.3 is 16.4 Å². The average molecular weight is 328 g/mol. The molecule has 4 N–H and O–H groups in total. The highest BCUT2D eigenvalue weighted by Gasteiger charge is 2.39. The molecule has 0 bridgehead atoms. The zero-order chi connectivity index (χ0) is 17.2. The maximum absolute atomic E-state index is 12.4. The fourth-order valence-electron chi connectivity index (χ4n) is 2.50. The van der Waals surface area contributed by atoms with E-state index in [0.717, 1.165) is 18.6 Å². The molecular weight excluding hydrogens is 313 g/mol. The molecule has 0 unspecified atom stereocenters. The maximum atomic E-state index is 12.4. The molecule has 124 valence electrons. The number of rotatable bonds is 3. The van der Waals surface area contributed by atoms with Gasteiger partial charge >= 0.3 is 6.18 Å². The van der Waals surface area contributed by atoms with E-state index in [0.29, 0.717) is 18.7 Å². The van der Waals surface area contributed by atoms with Crippen molar-refractivity contribution in [1.82, 2.24) is 0 Å². The molecular formula is C14H15F3N4O2. The number of nitrogens with zero attached hydrogens (tertiary/aromatic N) is 2. The number of Topliss-reactive ketones (excluding diaryl/α,β-unsaturated/α-hetero) is 1. The first-order valence-corrected chi connectivity index (χ1v) is 6.82. The zero-order valence-electron chi connectivity index (χ0n) is 12.0. The number of aliphatic imine (C=N–C) groups is 1. The van der Waals surface area contributed by atoms with Crippen molar-refractivity contribution >= 4 is 23.3 Å². The number of nitrogens with two attached hydrogens (primary N) is 2. The van der Waals surface area contributed by atoms with Crippen molar-refractivity contribution in [2.24, 2.45) is 16.5 Å². The standard InChI is InChI=1S/C14H15F3N4O2/c15-14(16,17)11(22)8-3-5-9(6-4-8)21-7-1-2-10(21)12(23)20-13(18)19/h3-6,10H,1-2,7H2,(H4,18,19,20,23)/t10-/m1/s1. The molecule has 9 heteroatoms. The summed E-state index contributed by atoms with van der Waals surface area (Å²) in [5.41, 5.74) is 10.4. The molecule has 0 saturated carbocycles. The lowest BCUT2D eigenvalue weighted by Gasteiger charge is -2.24. The van der Waals surface area contributed by atoms with Gasteiger partial charge in [-0.15, -0.1) is 0 Å². The van der Waals surface area contributed by atoms with Crippen LogP contribution >= 0.6 is 0 Å². The molecule has 1 aromatic carbocycles. The predicted octanol–water partition coefficient (Wildman–Crippen LogP) is 1.20. The average Bonchev–Trinajstić information content (AvgIpc) is 2.94. The van der Waals surface area contributed by atoms with Gasteiger partial charge in [-0.05, 0) is 37.1 Å². The van der Waals surface area contributed by atoms with Crippen LogP contribution in [0.2, 0.25) is 0 Å². The molecule has 1 saturated heterocycles. The fourth-order valence-corrected chi connectivity index (χ4v) is 2.50. The normalized spacial score (nSPS) is 17.9. The molecule has 1 amide bonds. The van der Waals surface area contributed by atoms with Crippen LogP contribution in [0.5, 0.6) is 0 Å². The van der Waals surface area contributed by atoms with Crippen LogP contribution in [0.4, 0.5) is 18.9 Å². The van der Waals surface area contributed by atoms with Crippen molar-refractivity contribution in [1.29, 1.82) is 0 Å². The molecule has 1 heterocycles. The van der Waals surface area contributed by atoms with Gasteiger partial charge in [0, 0.05) is 17.8 Å². The van der Waals surface area contributed by atoms with E-state index >= 15 is 0 Å². The van der Waals surface area contributed by atoms with Crippen molar-refractivity contribution in [2.75, 3.05) is 11.4 Å². The number of alkyl halides is 3. The van der Waals surface area contributed by atoms with Crippen LogP contribution in [0.15, 0.2) is 29.3 Å². The molecule has 1 aliphatic rings. The van der Waals surface area contributed by atoms with Crippen molar-refractivity contribution in [3.05, 3.63) is 29.8 Å². The SMILES string of the molecule is NC(N)=NC(=O)[C@H]1CCCN1c1ccc(C(=O)C(F)(F)F)cc1. The number of carbonyl (C=O) groups is 2. The molecule has 1 fully saturated rings. The van der Waals surface area contributed by atoms with Gasteiger partial charge in [-0.2, -0.15) is 18.2 Å². The third-order valence-electron chi connectivity index (χ3n) is 3.50. The highest BCUT2D eigenvalue weighted by atomic mass is 19.4. The van der Waals surface area contributed by atoms with Crippen LogP contribution in [0.1, 0.15) is 23.2 Å². The van der Waals surface area contributed by atoms with Gasteiger partial charge in [0.25, 0.3) is 11.7 Å². The van der Waals surface area contributed by atoms with Gasteiger partial charge in [0.2, 0.25) is 0 Å².